The minimum Gasteiger partial charge on any atom is -0.508 e. The van der Waals surface area contributed by atoms with Crippen molar-refractivity contribution in [3.63, 3.8) is 0 Å². The number of hydrogen-bond acceptors (Lipinski definition) is 3. The van der Waals surface area contributed by atoms with Crippen LogP contribution >= 0.6 is 0 Å². The molecular weight excluding hydrogens is 350 g/mol. The van der Waals surface area contributed by atoms with E-state index < -0.39 is 6.09 Å². The lowest BCUT2D eigenvalue weighted by Crippen LogP contribution is -2.29. The molecular formula is C24H21NO3. The van der Waals surface area contributed by atoms with Crippen molar-refractivity contribution in [2.24, 2.45) is 0 Å². The third-order valence-corrected chi connectivity index (χ3v) is 5.84. The minimum absolute atomic E-state index is 0.0538. The first kappa shape index (κ1) is 16.9. The largest absolute Gasteiger partial charge is 0.508 e. The lowest BCUT2D eigenvalue weighted by Gasteiger charge is -2.17. The molecule has 2 N–H and O–H groups in total. The van der Waals surface area contributed by atoms with E-state index >= 15 is 0 Å². The second-order valence-electron chi connectivity index (χ2n) is 7.44. The van der Waals surface area contributed by atoms with E-state index in [1.165, 1.54) is 27.8 Å². The van der Waals surface area contributed by atoms with E-state index in [9.17, 15) is 9.90 Å². The Morgan fingerprint density at radius 3 is 2.36 bits per heavy atom. The average molecular weight is 371 g/mol. The summed E-state index contributed by atoms with van der Waals surface area (Å²) < 4.78 is 5.63. The van der Waals surface area contributed by atoms with Crippen LogP contribution in [0.3, 0.4) is 0 Å². The maximum Gasteiger partial charge on any atom is 0.407 e. The molecule has 0 saturated carbocycles. The number of phenolic OH excluding ortho intramolecular Hbond substituents is 1. The number of nitrogens with one attached hydrogen (secondary N) is 1. The van der Waals surface area contributed by atoms with Gasteiger partial charge in [-0.1, -0.05) is 54.6 Å². The summed E-state index contributed by atoms with van der Waals surface area (Å²) in [6.45, 7) is 0.305. The van der Waals surface area contributed by atoms with Gasteiger partial charge in [0.25, 0.3) is 0 Å². The minimum atomic E-state index is -0.414. The summed E-state index contributed by atoms with van der Waals surface area (Å²) in [5.74, 6) is 0.276. The molecule has 0 aliphatic heterocycles. The number of carbonyl (C=O) groups excluding carboxylic acids is 1. The Balaban J connectivity index is 1.30. The quantitative estimate of drug-likeness (QED) is 0.687. The topological polar surface area (TPSA) is 58.6 Å². The van der Waals surface area contributed by atoms with E-state index in [1.807, 2.05) is 30.3 Å². The van der Waals surface area contributed by atoms with Gasteiger partial charge in [-0.25, -0.2) is 4.79 Å². The van der Waals surface area contributed by atoms with Crippen LogP contribution in [0.5, 0.6) is 5.75 Å². The van der Waals surface area contributed by atoms with Crippen LogP contribution in [0.4, 0.5) is 4.79 Å². The molecule has 4 nitrogen and oxygen atoms in total. The van der Waals surface area contributed by atoms with Crippen LogP contribution in [0.25, 0.3) is 11.1 Å². The van der Waals surface area contributed by atoms with E-state index in [4.69, 9.17) is 4.74 Å². The molecule has 0 saturated heterocycles. The number of amides is 1. The van der Waals surface area contributed by atoms with Gasteiger partial charge in [-0.3, -0.25) is 0 Å². The molecule has 3 aromatic rings. The highest BCUT2D eigenvalue weighted by Crippen LogP contribution is 2.44. The number of benzene rings is 3. The number of carbonyl (C=O) groups is 1. The van der Waals surface area contributed by atoms with Gasteiger partial charge in [0.15, 0.2) is 0 Å². The van der Waals surface area contributed by atoms with Crippen molar-refractivity contribution in [1.82, 2.24) is 5.32 Å². The van der Waals surface area contributed by atoms with Gasteiger partial charge < -0.3 is 15.2 Å². The van der Waals surface area contributed by atoms with Gasteiger partial charge in [-0.05, 0) is 58.4 Å². The molecule has 3 aromatic carbocycles. The maximum atomic E-state index is 12.5. The number of phenols is 1. The molecule has 0 aromatic heterocycles. The molecule has 2 aliphatic carbocycles. The first-order chi connectivity index (χ1) is 13.7. The van der Waals surface area contributed by atoms with Crippen LogP contribution in [-0.4, -0.2) is 17.8 Å². The highest BCUT2D eigenvalue weighted by molar-refractivity contribution is 5.79. The van der Waals surface area contributed by atoms with E-state index in [-0.39, 0.29) is 17.7 Å². The molecule has 2 aliphatic rings. The molecule has 0 radical (unpaired) electrons. The summed E-state index contributed by atoms with van der Waals surface area (Å²) in [4.78, 5) is 12.5. The highest BCUT2D eigenvalue weighted by atomic mass is 16.5. The van der Waals surface area contributed by atoms with Crippen molar-refractivity contribution in [2.45, 2.75) is 24.8 Å². The fraction of sp³-hybridized carbons (Fsp3) is 0.208. The zero-order chi connectivity index (χ0) is 19.1. The summed E-state index contributed by atoms with van der Waals surface area (Å²) in [5.41, 5.74) is 6.98. The first-order valence-corrected chi connectivity index (χ1v) is 9.64. The number of alkyl carbamates (subject to hydrolysis) is 1. The van der Waals surface area contributed by atoms with Gasteiger partial charge in [-0.15, -0.1) is 0 Å². The smallest absolute Gasteiger partial charge is 0.407 e. The summed E-state index contributed by atoms with van der Waals surface area (Å²) in [5, 5.41) is 12.7. The third kappa shape index (κ3) is 2.82. The molecule has 0 bridgehead atoms. The predicted molar refractivity (Wildman–Crippen MR) is 107 cm³/mol. The number of aryl methyl sites for hydroxylation is 1. The van der Waals surface area contributed by atoms with Crippen LogP contribution in [-0.2, 0) is 11.2 Å². The lowest BCUT2D eigenvalue weighted by atomic mass is 9.98. The normalized spacial score (nSPS) is 16.9. The van der Waals surface area contributed by atoms with Crippen LogP contribution in [0, 0.1) is 0 Å². The monoisotopic (exact) mass is 371 g/mol. The van der Waals surface area contributed by atoms with Gasteiger partial charge in [0, 0.05) is 5.92 Å². The van der Waals surface area contributed by atoms with Gasteiger partial charge >= 0.3 is 6.09 Å². The number of ether oxygens (including phenoxy) is 1. The number of rotatable bonds is 3. The zero-order valence-corrected chi connectivity index (χ0v) is 15.4. The lowest BCUT2D eigenvalue weighted by molar-refractivity contribution is 0.139. The Morgan fingerprint density at radius 2 is 1.64 bits per heavy atom. The van der Waals surface area contributed by atoms with Crippen LogP contribution in [0.2, 0.25) is 0 Å². The Morgan fingerprint density at radius 1 is 0.964 bits per heavy atom. The van der Waals surface area contributed by atoms with Crippen molar-refractivity contribution < 1.29 is 14.6 Å². The fourth-order valence-corrected chi connectivity index (χ4v) is 4.52. The van der Waals surface area contributed by atoms with Crippen LogP contribution in [0.1, 0.15) is 40.6 Å². The van der Waals surface area contributed by atoms with Gasteiger partial charge in [0.1, 0.15) is 12.4 Å². The predicted octanol–water partition coefficient (Wildman–Crippen LogP) is 4.92. The van der Waals surface area contributed by atoms with E-state index in [2.05, 4.69) is 29.6 Å². The summed E-state index contributed by atoms with van der Waals surface area (Å²) in [7, 11) is 0. The van der Waals surface area contributed by atoms with Crippen molar-refractivity contribution in [2.75, 3.05) is 6.61 Å². The van der Waals surface area contributed by atoms with Gasteiger partial charge in [-0.2, -0.15) is 0 Å². The average Bonchev–Trinajstić information content (AvgIpc) is 3.25. The van der Waals surface area contributed by atoms with Gasteiger partial charge in [0.05, 0.1) is 6.04 Å². The summed E-state index contributed by atoms with van der Waals surface area (Å²) >= 11 is 0. The fourth-order valence-electron chi connectivity index (χ4n) is 4.52. The molecule has 1 amide bonds. The molecule has 0 heterocycles. The standard InChI is InChI=1S/C24H21NO3/c26-16-11-9-15-10-12-23(21(15)13-16)25-24(27)28-14-22-19-7-3-1-5-17(19)18-6-2-4-8-20(18)22/h1-9,11,13,22-23,26H,10,12,14H2,(H,25,27). The van der Waals surface area contributed by atoms with E-state index in [0.29, 0.717) is 6.61 Å². The molecule has 1 atom stereocenters. The Kier molecular flexibility index (Phi) is 4.05. The molecule has 1 unspecified atom stereocenters. The molecule has 0 fully saturated rings. The third-order valence-electron chi connectivity index (χ3n) is 5.84. The van der Waals surface area contributed by atoms with Crippen molar-refractivity contribution in [3.8, 4) is 16.9 Å². The van der Waals surface area contributed by atoms with Crippen molar-refractivity contribution in [3.05, 3.63) is 89.0 Å². The Hall–Kier alpha value is -3.27. The summed E-state index contributed by atoms with van der Waals surface area (Å²) in [6, 6.07) is 21.8. The van der Waals surface area contributed by atoms with E-state index in [1.54, 1.807) is 12.1 Å². The Labute approximate surface area is 163 Å². The number of fused-ring (bicyclic) bond motifs is 4. The second kappa shape index (κ2) is 6.71. The highest BCUT2D eigenvalue weighted by Gasteiger charge is 2.30. The summed E-state index contributed by atoms with van der Waals surface area (Å²) in [6.07, 6.45) is 1.30. The van der Waals surface area contributed by atoms with Crippen molar-refractivity contribution in [1.29, 1.82) is 0 Å². The molecule has 140 valence electrons. The number of aromatic hydroxyl groups is 1. The second-order valence-corrected chi connectivity index (χ2v) is 7.44. The van der Waals surface area contributed by atoms with Crippen molar-refractivity contribution >= 4 is 6.09 Å². The van der Waals surface area contributed by atoms with Crippen LogP contribution in [0.15, 0.2) is 66.7 Å². The molecule has 0 spiro atoms. The van der Waals surface area contributed by atoms with Gasteiger partial charge in [0.2, 0.25) is 0 Å². The van der Waals surface area contributed by atoms with Crippen LogP contribution < -0.4 is 5.32 Å². The van der Waals surface area contributed by atoms with E-state index in [0.717, 1.165) is 18.4 Å². The molecule has 5 rings (SSSR count). The Bertz CT molecular complexity index is 1010. The number of hydrogen-bond donors (Lipinski definition) is 2. The zero-order valence-electron chi connectivity index (χ0n) is 15.4. The molecule has 28 heavy (non-hydrogen) atoms. The SMILES string of the molecule is O=C(NC1CCc2ccc(O)cc21)OCC1c2ccccc2-c2ccccc21. The first-order valence-electron chi connectivity index (χ1n) is 9.64. The maximum absolute atomic E-state index is 12.5. The molecule has 4 heteroatoms.